The number of ether oxygens (including phenoxy) is 3. The van der Waals surface area contributed by atoms with Crippen LogP contribution in [0.2, 0.25) is 5.02 Å². The Bertz CT molecular complexity index is 969. The molecule has 0 aromatic heterocycles. The van der Waals surface area contributed by atoms with E-state index in [0.717, 1.165) is 0 Å². The Morgan fingerprint density at radius 1 is 1.20 bits per heavy atom. The van der Waals surface area contributed by atoms with Crippen molar-refractivity contribution >= 4 is 11.6 Å². The van der Waals surface area contributed by atoms with Gasteiger partial charge in [-0.15, -0.1) is 0 Å². The van der Waals surface area contributed by atoms with Crippen molar-refractivity contribution in [3.63, 3.8) is 0 Å². The molecular weight excluding hydrogens is 418 g/mol. The fourth-order valence-electron chi connectivity index (χ4n) is 4.26. The lowest BCUT2D eigenvalue weighted by Crippen LogP contribution is -2.51. The van der Waals surface area contributed by atoms with Gasteiger partial charge >= 0.3 is 0 Å². The van der Waals surface area contributed by atoms with Gasteiger partial charge in [-0.1, -0.05) is 23.7 Å². The second-order valence-corrected chi connectivity index (χ2v) is 8.39. The first-order valence-corrected chi connectivity index (χ1v) is 10.1. The van der Waals surface area contributed by atoms with Crippen LogP contribution in [0.3, 0.4) is 0 Å². The molecular formula is C22H23ClF2O5. The summed E-state index contributed by atoms with van der Waals surface area (Å²) in [5.74, 6) is -3.46. The smallest absolute Gasteiger partial charge is 0.200 e. The van der Waals surface area contributed by atoms with Gasteiger partial charge in [0.15, 0.2) is 17.4 Å². The molecule has 2 bridgehead atoms. The Morgan fingerprint density at radius 3 is 2.67 bits per heavy atom. The van der Waals surface area contributed by atoms with Crippen LogP contribution in [0.5, 0.6) is 5.75 Å². The van der Waals surface area contributed by atoms with E-state index in [4.69, 9.17) is 25.8 Å². The van der Waals surface area contributed by atoms with Gasteiger partial charge in [0.05, 0.1) is 25.9 Å². The van der Waals surface area contributed by atoms with E-state index >= 15 is 0 Å². The van der Waals surface area contributed by atoms with Crippen molar-refractivity contribution in [1.29, 1.82) is 0 Å². The second kappa shape index (κ2) is 7.73. The summed E-state index contributed by atoms with van der Waals surface area (Å²) in [4.78, 5) is 0. The number of methoxy groups -OCH3 is 1. The van der Waals surface area contributed by atoms with E-state index in [1.165, 1.54) is 19.2 Å². The summed E-state index contributed by atoms with van der Waals surface area (Å²) in [6.07, 6.45) is -1.06. The minimum atomic E-state index is -1.24. The second-order valence-electron chi connectivity index (χ2n) is 7.98. The molecule has 0 spiro atoms. The minimum absolute atomic E-state index is 0.0413. The first kappa shape index (κ1) is 21.5. The first-order valence-electron chi connectivity index (χ1n) is 9.70. The molecule has 30 heavy (non-hydrogen) atoms. The molecule has 162 valence electrons. The number of halogens is 3. The summed E-state index contributed by atoms with van der Waals surface area (Å²) in [5, 5.41) is 21.0. The molecule has 4 rings (SSSR count). The third kappa shape index (κ3) is 3.48. The maximum absolute atomic E-state index is 14.5. The molecule has 8 heteroatoms. The summed E-state index contributed by atoms with van der Waals surface area (Å²) < 4.78 is 45.5. The molecule has 0 saturated carbocycles. The van der Waals surface area contributed by atoms with Crippen molar-refractivity contribution in [1.82, 2.24) is 0 Å². The number of fused-ring (bicyclic) bond motifs is 2. The fraction of sp³-hybridized carbons (Fsp3) is 0.455. The number of hydrogen-bond donors (Lipinski definition) is 2. The molecule has 2 aromatic rings. The maximum atomic E-state index is 14.5. The van der Waals surface area contributed by atoms with Crippen molar-refractivity contribution < 1.29 is 33.2 Å². The Labute approximate surface area is 178 Å². The van der Waals surface area contributed by atoms with E-state index in [1.807, 2.05) is 0 Å². The van der Waals surface area contributed by atoms with Crippen LogP contribution in [0.25, 0.3) is 0 Å². The van der Waals surface area contributed by atoms with Crippen LogP contribution in [0.1, 0.15) is 36.5 Å². The third-order valence-electron chi connectivity index (χ3n) is 5.98. The van der Waals surface area contributed by atoms with E-state index in [9.17, 15) is 19.0 Å². The summed E-state index contributed by atoms with van der Waals surface area (Å²) in [5.41, 5.74) is 0.273. The number of aliphatic hydroxyl groups is 2. The number of rotatable bonds is 5. The van der Waals surface area contributed by atoms with Gasteiger partial charge in [-0.05, 0) is 36.2 Å². The first-order chi connectivity index (χ1) is 14.2. The lowest BCUT2D eigenvalue weighted by Gasteiger charge is -2.41. The third-order valence-corrected chi connectivity index (χ3v) is 6.35. The van der Waals surface area contributed by atoms with Gasteiger partial charge in [0.1, 0.15) is 5.60 Å². The molecule has 0 amide bonds. The molecule has 2 aromatic carbocycles. The average molecular weight is 441 g/mol. The van der Waals surface area contributed by atoms with Crippen molar-refractivity contribution in [2.45, 2.75) is 49.8 Å². The van der Waals surface area contributed by atoms with Crippen molar-refractivity contribution in [3.8, 4) is 5.75 Å². The zero-order valence-electron chi connectivity index (χ0n) is 16.6. The van der Waals surface area contributed by atoms with E-state index in [-0.39, 0.29) is 37.2 Å². The summed E-state index contributed by atoms with van der Waals surface area (Å²) in [6.45, 7) is 1.74. The topological polar surface area (TPSA) is 68.2 Å². The monoisotopic (exact) mass is 440 g/mol. The van der Waals surface area contributed by atoms with E-state index in [1.54, 1.807) is 25.1 Å². The molecule has 2 saturated heterocycles. The average Bonchev–Trinajstić information content (AvgIpc) is 3.00. The molecule has 2 N–H and O–H groups in total. The number of aliphatic hydroxyl groups excluding tert-OH is 2. The van der Waals surface area contributed by atoms with Gasteiger partial charge in [-0.3, -0.25) is 0 Å². The molecule has 5 nitrogen and oxygen atoms in total. The van der Waals surface area contributed by atoms with Crippen molar-refractivity contribution in [3.05, 3.63) is 63.7 Å². The molecule has 2 heterocycles. The highest BCUT2D eigenvalue weighted by Gasteiger charge is 2.59. The molecule has 2 aliphatic rings. The van der Waals surface area contributed by atoms with Crippen LogP contribution in [-0.2, 0) is 21.7 Å². The van der Waals surface area contributed by atoms with E-state index in [2.05, 4.69) is 0 Å². The molecule has 0 radical (unpaired) electrons. The van der Waals surface area contributed by atoms with Crippen LogP contribution >= 0.6 is 11.6 Å². The van der Waals surface area contributed by atoms with Gasteiger partial charge in [0.25, 0.3) is 0 Å². The zero-order valence-corrected chi connectivity index (χ0v) is 17.4. The van der Waals surface area contributed by atoms with Crippen molar-refractivity contribution in [2.75, 3.05) is 13.7 Å². The predicted octanol–water partition coefficient (Wildman–Crippen LogP) is 3.69. The standard InChI is InChI=1S/C22H23ClF2O5/c1-12(26)21-9-16(27)10-22(30-21,29-11-21)15-4-5-17(23)14(8-15)7-13-3-6-18(28-2)20(25)19(13)24/h3-6,8,12,16,26-27H,7,9-11H2,1-2H3/t12?,16?,21-,22-/m1/s1. The number of hydrogen-bond acceptors (Lipinski definition) is 5. The predicted molar refractivity (Wildman–Crippen MR) is 106 cm³/mol. The van der Waals surface area contributed by atoms with E-state index < -0.39 is 35.2 Å². The van der Waals surface area contributed by atoms with Gasteiger partial charge in [-0.25, -0.2) is 4.39 Å². The minimum Gasteiger partial charge on any atom is -0.494 e. The van der Waals surface area contributed by atoms with Gasteiger partial charge in [-0.2, -0.15) is 4.39 Å². The van der Waals surface area contributed by atoms with Gasteiger partial charge < -0.3 is 24.4 Å². The molecule has 0 aliphatic carbocycles. The highest BCUT2D eigenvalue weighted by molar-refractivity contribution is 6.31. The highest BCUT2D eigenvalue weighted by atomic mass is 35.5. The van der Waals surface area contributed by atoms with Crippen LogP contribution in [-0.4, -0.2) is 41.7 Å². The zero-order chi connectivity index (χ0) is 21.7. The fourth-order valence-corrected chi connectivity index (χ4v) is 4.45. The quantitative estimate of drug-likeness (QED) is 0.742. The molecule has 4 atom stereocenters. The Hall–Kier alpha value is -1.77. The van der Waals surface area contributed by atoms with Crippen LogP contribution in [0.4, 0.5) is 8.78 Å². The molecule has 2 fully saturated rings. The van der Waals surface area contributed by atoms with Crippen LogP contribution < -0.4 is 4.74 Å². The van der Waals surface area contributed by atoms with Crippen LogP contribution in [0.15, 0.2) is 30.3 Å². The largest absolute Gasteiger partial charge is 0.494 e. The SMILES string of the molecule is COc1ccc(Cc2cc([C@]34CC(O)C[C@](C(C)O)(CO3)O4)ccc2Cl)c(F)c1F. The van der Waals surface area contributed by atoms with Gasteiger partial charge in [0, 0.05) is 29.8 Å². The van der Waals surface area contributed by atoms with Gasteiger partial charge in [0.2, 0.25) is 5.82 Å². The summed E-state index contributed by atoms with van der Waals surface area (Å²) in [7, 11) is 1.27. The number of benzene rings is 2. The normalized spacial score (nSPS) is 29.1. The molecule has 2 unspecified atom stereocenters. The summed E-state index contributed by atoms with van der Waals surface area (Å²) in [6, 6.07) is 7.87. The maximum Gasteiger partial charge on any atom is 0.200 e. The van der Waals surface area contributed by atoms with E-state index in [0.29, 0.717) is 16.1 Å². The Kier molecular flexibility index (Phi) is 5.53. The lowest BCUT2D eigenvalue weighted by molar-refractivity contribution is -0.258. The molecule has 2 aliphatic heterocycles. The highest BCUT2D eigenvalue weighted by Crippen LogP contribution is 2.51. The Balaban J connectivity index is 1.69. The van der Waals surface area contributed by atoms with Crippen molar-refractivity contribution in [2.24, 2.45) is 0 Å². The van der Waals surface area contributed by atoms with Crippen LogP contribution in [0, 0.1) is 11.6 Å². The Morgan fingerprint density at radius 2 is 1.97 bits per heavy atom. The lowest BCUT2D eigenvalue weighted by atomic mass is 9.85. The summed E-state index contributed by atoms with van der Waals surface area (Å²) >= 11 is 6.33.